The highest BCUT2D eigenvalue weighted by Crippen LogP contribution is 2.30. The number of rotatable bonds is 1. The fourth-order valence-electron chi connectivity index (χ4n) is 2.61. The molecule has 17 heavy (non-hydrogen) atoms. The van der Waals surface area contributed by atoms with Crippen LogP contribution in [-0.4, -0.2) is 12.6 Å². The minimum atomic E-state index is 0.592. The molecule has 1 heterocycles. The zero-order valence-electron chi connectivity index (χ0n) is 11.6. The highest BCUT2D eigenvalue weighted by Gasteiger charge is 2.17. The Hall–Kier alpha value is -1.08. The molecule has 1 aromatic carbocycles. The molecule has 1 heteroatoms. The third-order valence-corrected chi connectivity index (χ3v) is 3.91. The summed E-state index contributed by atoms with van der Waals surface area (Å²) in [6.07, 6.45) is 1.15. The van der Waals surface area contributed by atoms with Crippen LogP contribution in [0.2, 0.25) is 0 Å². The quantitative estimate of drug-likeness (QED) is 0.773. The number of hydrogen-bond donors (Lipinski definition) is 1. The van der Waals surface area contributed by atoms with Crippen molar-refractivity contribution in [2.75, 3.05) is 6.54 Å². The van der Waals surface area contributed by atoms with Gasteiger partial charge in [0.25, 0.3) is 0 Å². The fraction of sp³-hybridized carbons (Fsp3) is 0.500. The summed E-state index contributed by atoms with van der Waals surface area (Å²) in [6, 6.07) is 5.27. The van der Waals surface area contributed by atoms with Gasteiger partial charge < -0.3 is 5.32 Å². The summed E-state index contributed by atoms with van der Waals surface area (Å²) < 4.78 is 0. The van der Waals surface area contributed by atoms with Gasteiger partial charge in [0.15, 0.2) is 0 Å². The van der Waals surface area contributed by atoms with Crippen molar-refractivity contribution in [1.82, 2.24) is 5.32 Å². The molecule has 1 nitrogen and oxygen atoms in total. The molecular weight excluding hydrogens is 206 g/mol. The Kier molecular flexibility index (Phi) is 3.39. The maximum atomic E-state index is 3.52. The van der Waals surface area contributed by atoms with Gasteiger partial charge in [-0.2, -0.15) is 0 Å². The van der Waals surface area contributed by atoms with Gasteiger partial charge in [0, 0.05) is 12.6 Å². The van der Waals surface area contributed by atoms with Crippen LogP contribution >= 0.6 is 0 Å². The maximum Gasteiger partial charge on any atom is 0.0170 e. The molecule has 0 spiro atoms. The first kappa shape index (κ1) is 12.4. The molecule has 1 atom stereocenters. The Morgan fingerprint density at radius 1 is 1.00 bits per heavy atom. The molecule has 1 aliphatic heterocycles. The summed E-state index contributed by atoms with van der Waals surface area (Å²) in [7, 11) is 0. The summed E-state index contributed by atoms with van der Waals surface area (Å²) in [4.78, 5) is 0. The molecule has 0 fully saturated rings. The van der Waals surface area contributed by atoms with Gasteiger partial charge in [0.2, 0.25) is 0 Å². The molecule has 0 saturated carbocycles. The molecule has 0 aliphatic carbocycles. The van der Waals surface area contributed by atoms with Crippen LogP contribution in [0.1, 0.15) is 42.5 Å². The van der Waals surface area contributed by atoms with Gasteiger partial charge in [-0.15, -0.1) is 0 Å². The van der Waals surface area contributed by atoms with Gasteiger partial charge in [-0.3, -0.25) is 0 Å². The molecule has 0 bridgehead atoms. The van der Waals surface area contributed by atoms with Crippen molar-refractivity contribution >= 4 is 5.57 Å². The van der Waals surface area contributed by atoms with Crippen molar-refractivity contribution < 1.29 is 0 Å². The van der Waals surface area contributed by atoms with E-state index >= 15 is 0 Å². The Bertz CT molecular complexity index is 469. The van der Waals surface area contributed by atoms with Crippen LogP contribution < -0.4 is 5.32 Å². The number of nitrogens with one attached hydrogen (secondary N) is 1. The summed E-state index contributed by atoms with van der Waals surface area (Å²) in [6.45, 7) is 12.2. The van der Waals surface area contributed by atoms with E-state index in [9.17, 15) is 0 Å². The van der Waals surface area contributed by atoms with E-state index in [0.717, 1.165) is 13.0 Å². The number of aryl methyl sites for hydroxylation is 3. The lowest BCUT2D eigenvalue weighted by Crippen LogP contribution is -2.32. The lowest BCUT2D eigenvalue weighted by molar-refractivity contribution is 0.565. The number of hydrogen-bond acceptors (Lipinski definition) is 1. The third kappa shape index (κ3) is 2.44. The molecule has 0 aromatic heterocycles. The normalized spacial score (nSPS) is 20.9. The molecule has 0 radical (unpaired) electrons. The summed E-state index contributed by atoms with van der Waals surface area (Å²) in [5.41, 5.74) is 8.71. The Balaban J connectivity index is 2.50. The van der Waals surface area contributed by atoms with Crippen LogP contribution in [0.4, 0.5) is 0 Å². The first-order valence-electron chi connectivity index (χ1n) is 6.49. The van der Waals surface area contributed by atoms with Gasteiger partial charge in [0.05, 0.1) is 0 Å². The fourth-order valence-corrected chi connectivity index (χ4v) is 2.61. The second kappa shape index (κ2) is 4.66. The standard InChI is InChI=1S/C16H23N/c1-10-6-12(3)15(7-11(10)2)16-8-14(5)17-9-13(16)4/h6-7,14,17H,8-9H2,1-5H3/t14-/m1/s1. The minimum Gasteiger partial charge on any atom is -0.310 e. The predicted molar refractivity (Wildman–Crippen MR) is 75.3 cm³/mol. The van der Waals surface area contributed by atoms with Crippen molar-refractivity contribution in [3.8, 4) is 0 Å². The molecular formula is C16H23N. The topological polar surface area (TPSA) is 12.0 Å². The molecule has 92 valence electrons. The largest absolute Gasteiger partial charge is 0.310 e. The van der Waals surface area contributed by atoms with Crippen molar-refractivity contribution in [3.63, 3.8) is 0 Å². The summed E-state index contributed by atoms with van der Waals surface area (Å²) in [5, 5.41) is 3.52. The highest BCUT2D eigenvalue weighted by molar-refractivity contribution is 5.73. The van der Waals surface area contributed by atoms with Gasteiger partial charge in [0.1, 0.15) is 0 Å². The maximum absolute atomic E-state index is 3.52. The Morgan fingerprint density at radius 2 is 1.65 bits per heavy atom. The second-order valence-corrected chi connectivity index (χ2v) is 5.50. The lowest BCUT2D eigenvalue weighted by atomic mass is 9.87. The van der Waals surface area contributed by atoms with Crippen LogP contribution in [0.5, 0.6) is 0 Å². The van der Waals surface area contributed by atoms with E-state index in [1.165, 1.54) is 27.8 Å². The van der Waals surface area contributed by atoms with E-state index in [1.54, 1.807) is 5.57 Å². The summed E-state index contributed by atoms with van der Waals surface area (Å²) >= 11 is 0. The molecule has 2 rings (SSSR count). The Morgan fingerprint density at radius 3 is 2.35 bits per heavy atom. The van der Waals surface area contributed by atoms with Gasteiger partial charge in [-0.1, -0.05) is 17.7 Å². The van der Waals surface area contributed by atoms with Crippen LogP contribution in [0.15, 0.2) is 17.7 Å². The Labute approximate surface area is 105 Å². The molecule has 0 saturated heterocycles. The smallest absolute Gasteiger partial charge is 0.0170 e. The molecule has 0 amide bonds. The lowest BCUT2D eigenvalue weighted by Gasteiger charge is -2.26. The van der Waals surface area contributed by atoms with Crippen LogP contribution in [0, 0.1) is 20.8 Å². The second-order valence-electron chi connectivity index (χ2n) is 5.50. The average molecular weight is 229 g/mol. The highest BCUT2D eigenvalue weighted by atomic mass is 14.9. The molecule has 1 aliphatic rings. The molecule has 1 aromatic rings. The third-order valence-electron chi connectivity index (χ3n) is 3.91. The van der Waals surface area contributed by atoms with E-state index < -0.39 is 0 Å². The van der Waals surface area contributed by atoms with E-state index in [1.807, 2.05) is 0 Å². The monoisotopic (exact) mass is 229 g/mol. The van der Waals surface area contributed by atoms with Crippen LogP contribution in [0.3, 0.4) is 0 Å². The van der Waals surface area contributed by atoms with E-state index in [2.05, 4.69) is 52.1 Å². The van der Waals surface area contributed by atoms with Crippen molar-refractivity contribution in [2.45, 2.75) is 47.1 Å². The SMILES string of the molecule is CC1=C(c2cc(C)c(C)cc2C)C[C@@H](C)NC1. The van der Waals surface area contributed by atoms with E-state index in [0.29, 0.717) is 6.04 Å². The molecule has 1 N–H and O–H groups in total. The van der Waals surface area contributed by atoms with Crippen molar-refractivity contribution in [2.24, 2.45) is 0 Å². The molecule has 0 unspecified atom stereocenters. The minimum absolute atomic E-state index is 0.592. The summed E-state index contributed by atoms with van der Waals surface area (Å²) in [5.74, 6) is 0. The van der Waals surface area contributed by atoms with Crippen LogP contribution in [-0.2, 0) is 0 Å². The van der Waals surface area contributed by atoms with Gasteiger partial charge in [-0.05, 0) is 68.9 Å². The van der Waals surface area contributed by atoms with Gasteiger partial charge >= 0.3 is 0 Å². The predicted octanol–water partition coefficient (Wildman–Crippen LogP) is 3.77. The van der Waals surface area contributed by atoms with E-state index in [4.69, 9.17) is 0 Å². The van der Waals surface area contributed by atoms with Crippen molar-refractivity contribution in [3.05, 3.63) is 40.0 Å². The van der Waals surface area contributed by atoms with Gasteiger partial charge in [-0.25, -0.2) is 0 Å². The van der Waals surface area contributed by atoms with E-state index in [-0.39, 0.29) is 0 Å². The first-order chi connectivity index (χ1) is 7.99. The zero-order valence-corrected chi connectivity index (χ0v) is 11.6. The zero-order chi connectivity index (χ0) is 12.6. The van der Waals surface area contributed by atoms with Crippen LogP contribution in [0.25, 0.3) is 5.57 Å². The number of benzene rings is 1. The first-order valence-corrected chi connectivity index (χ1v) is 6.49. The van der Waals surface area contributed by atoms with Crippen molar-refractivity contribution in [1.29, 1.82) is 0 Å². The average Bonchev–Trinajstić information content (AvgIpc) is 2.27.